The second-order valence-electron chi connectivity index (χ2n) is 6.47. The summed E-state index contributed by atoms with van der Waals surface area (Å²) in [6, 6.07) is 7.66. The fourth-order valence-corrected chi connectivity index (χ4v) is 3.61. The van der Waals surface area contributed by atoms with Crippen molar-refractivity contribution in [1.29, 1.82) is 0 Å². The fraction of sp³-hybridized carbons (Fsp3) is 0.450. The highest BCUT2D eigenvalue weighted by molar-refractivity contribution is 7.99. The Kier molecular flexibility index (Phi) is 8.88. The first-order valence-electron chi connectivity index (χ1n) is 9.27. The van der Waals surface area contributed by atoms with E-state index in [2.05, 4.69) is 35.9 Å². The Morgan fingerprint density at radius 3 is 2.74 bits per heavy atom. The maximum absolute atomic E-state index is 12.2. The number of hydrogen-bond acceptors (Lipinski definition) is 4. The SMILES string of the molecule is C=CCn1c(SCC(=O)NC(C)CCCCC)nnc1-c1ccc(Cl)cc1. The van der Waals surface area contributed by atoms with Crippen molar-refractivity contribution in [3.63, 3.8) is 0 Å². The molecule has 7 heteroatoms. The predicted octanol–water partition coefficient (Wildman–Crippen LogP) is 4.96. The summed E-state index contributed by atoms with van der Waals surface area (Å²) in [6.45, 7) is 8.61. The monoisotopic (exact) mass is 406 g/mol. The lowest BCUT2D eigenvalue weighted by molar-refractivity contribution is -0.119. The Balaban J connectivity index is 1.99. The maximum atomic E-state index is 12.2. The van der Waals surface area contributed by atoms with E-state index in [1.165, 1.54) is 24.6 Å². The first-order chi connectivity index (χ1) is 13.0. The summed E-state index contributed by atoms with van der Waals surface area (Å²) in [5, 5.41) is 13.0. The second kappa shape index (κ2) is 11.1. The van der Waals surface area contributed by atoms with E-state index in [4.69, 9.17) is 11.6 Å². The number of hydrogen-bond donors (Lipinski definition) is 1. The fourth-order valence-electron chi connectivity index (χ4n) is 2.72. The number of thioether (sulfide) groups is 1. The summed E-state index contributed by atoms with van der Waals surface area (Å²) in [5.74, 6) is 1.07. The molecule has 1 N–H and O–H groups in total. The van der Waals surface area contributed by atoms with Gasteiger partial charge in [0, 0.05) is 23.2 Å². The molecule has 1 atom stereocenters. The largest absolute Gasteiger partial charge is 0.353 e. The Morgan fingerprint density at radius 2 is 2.07 bits per heavy atom. The van der Waals surface area contributed by atoms with Gasteiger partial charge in [0.2, 0.25) is 5.91 Å². The number of halogens is 1. The average molecular weight is 407 g/mol. The number of amides is 1. The lowest BCUT2D eigenvalue weighted by Gasteiger charge is -2.13. The minimum absolute atomic E-state index is 0.0187. The van der Waals surface area contributed by atoms with Gasteiger partial charge in [0.25, 0.3) is 0 Å². The number of nitrogens with one attached hydrogen (secondary N) is 1. The number of carbonyl (C=O) groups is 1. The first-order valence-corrected chi connectivity index (χ1v) is 10.6. The third-order valence-corrected chi connectivity index (χ3v) is 5.33. The van der Waals surface area contributed by atoms with Gasteiger partial charge in [0.1, 0.15) is 0 Å². The van der Waals surface area contributed by atoms with Crippen LogP contribution in [0.15, 0.2) is 42.1 Å². The van der Waals surface area contributed by atoms with Crippen molar-refractivity contribution in [2.75, 3.05) is 5.75 Å². The zero-order valence-electron chi connectivity index (χ0n) is 15.9. The van der Waals surface area contributed by atoms with E-state index in [1.54, 1.807) is 6.08 Å². The first kappa shape index (κ1) is 21.5. The van der Waals surface area contributed by atoms with Gasteiger partial charge < -0.3 is 5.32 Å². The van der Waals surface area contributed by atoms with E-state index in [0.717, 1.165) is 24.2 Å². The molecule has 27 heavy (non-hydrogen) atoms. The number of carbonyl (C=O) groups excluding carboxylic acids is 1. The summed E-state index contributed by atoms with van der Waals surface area (Å²) in [7, 11) is 0. The van der Waals surface area contributed by atoms with Gasteiger partial charge in [-0.2, -0.15) is 0 Å². The van der Waals surface area contributed by atoms with Gasteiger partial charge in [-0.25, -0.2) is 0 Å². The van der Waals surface area contributed by atoms with Gasteiger partial charge in [-0.3, -0.25) is 9.36 Å². The lowest BCUT2D eigenvalue weighted by atomic mass is 10.1. The molecular weight excluding hydrogens is 380 g/mol. The number of allylic oxidation sites excluding steroid dienone is 1. The summed E-state index contributed by atoms with van der Waals surface area (Å²) < 4.78 is 1.96. The van der Waals surface area contributed by atoms with E-state index in [9.17, 15) is 4.79 Å². The molecule has 0 spiro atoms. The molecule has 0 aliphatic rings. The van der Waals surface area contributed by atoms with Crippen LogP contribution in [0, 0.1) is 0 Å². The molecule has 0 radical (unpaired) electrons. The highest BCUT2D eigenvalue weighted by atomic mass is 35.5. The number of rotatable bonds is 11. The smallest absolute Gasteiger partial charge is 0.230 e. The van der Waals surface area contributed by atoms with Crippen molar-refractivity contribution >= 4 is 29.3 Å². The molecule has 0 aliphatic carbocycles. The molecule has 1 aromatic heterocycles. The topological polar surface area (TPSA) is 59.8 Å². The van der Waals surface area contributed by atoms with E-state index in [1.807, 2.05) is 28.8 Å². The quantitative estimate of drug-likeness (QED) is 0.325. The molecule has 1 heterocycles. The van der Waals surface area contributed by atoms with Gasteiger partial charge in [-0.1, -0.05) is 55.6 Å². The third-order valence-electron chi connectivity index (χ3n) is 4.11. The predicted molar refractivity (Wildman–Crippen MR) is 113 cm³/mol. The normalized spacial score (nSPS) is 12.0. The highest BCUT2D eigenvalue weighted by Crippen LogP contribution is 2.25. The molecule has 0 fully saturated rings. The van der Waals surface area contributed by atoms with Crippen LogP contribution < -0.4 is 5.32 Å². The van der Waals surface area contributed by atoms with Crippen LogP contribution in [0.3, 0.4) is 0 Å². The molecule has 0 aliphatic heterocycles. The molecule has 1 amide bonds. The van der Waals surface area contributed by atoms with Crippen LogP contribution in [0.5, 0.6) is 0 Å². The molecule has 0 saturated heterocycles. The van der Waals surface area contributed by atoms with Crippen LogP contribution in [0.1, 0.15) is 39.5 Å². The number of benzene rings is 1. The Bertz CT molecular complexity index is 745. The Labute approximate surface area is 170 Å². The molecular formula is C20H27ClN4OS. The van der Waals surface area contributed by atoms with Crippen molar-refractivity contribution in [3.05, 3.63) is 41.9 Å². The van der Waals surface area contributed by atoms with Crippen molar-refractivity contribution in [2.24, 2.45) is 0 Å². The average Bonchev–Trinajstić information content (AvgIpc) is 3.04. The van der Waals surface area contributed by atoms with E-state index in [-0.39, 0.29) is 11.9 Å². The van der Waals surface area contributed by atoms with Crippen LogP contribution in [-0.2, 0) is 11.3 Å². The van der Waals surface area contributed by atoms with Gasteiger partial charge >= 0.3 is 0 Å². The molecule has 1 aromatic carbocycles. The number of aromatic nitrogens is 3. The van der Waals surface area contributed by atoms with Crippen molar-refractivity contribution in [2.45, 2.75) is 57.3 Å². The number of nitrogens with zero attached hydrogens (tertiary/aromatic N) is 3. The molecule has 0 bridgehead atoms. The lowest BCUT2D eigenvalue weighted by Crippen LogP contribution is -2.33. The summed E-state index contributed by atoms with van der Waals surface area (Å²) in [6.07, 6.45) is 6.34. The molecule has 0 saturated carbocycles. The van der Waals surface area contributed by atoms with Crippen LogP contribution in [0.25, 0.3) is 11.4 Å². The van der Waals surface area contributed by atoms with E-state index < -0.39 is 0 Å². The summed E-state index contributed by atoms with van der Waals surface area (Å²) in [4.78, 5) is 12.2. The minimum atomic E-state index is 0.0187. The zero-order chi connectivity index (χ0) is 19.6. The Hall–Kier alpha value is -1.79. The van der Waals surface area contributed by atoms with E-state index in [0.29, 0.717) is 22.5 Å². The van der Waals surface area contributed by atoms with Crippen LogP contribution in [0.4, 0.5) is 0 Å². The summed E-state index contributed by atoms with van der Waals surface area (Å²) in [5.41, 5.74) is 0.926. The van der Waals surface area contributed by atoms with Crippen LogP contribution >= 0.6 is 23.4 Å². The molecule has 2 rings (SSSR count). The van der Waals surface area contributed by atoms with Crippen molar-refractivity contribution in [3.8, 4) is 11.4 Å². The van der Waals surface area contributed by atoms with E-state index >= 15 is 0 Å². The summed E-state index contributed by atoms with van der Waals surface area (Å²) >= 11 is 7.35. The molecule has 146 valence electrons. The molecule has 2 aromatic rings. The standard InChI is InChI=1S/C20H27ClN4OS/c1-4-6-7-8-15(3)22-18(26)14-27-20-24-23-19(25(20)13-5-2)16-9-11-17(21)12-10-16/h5,9-12,15H,2,4,6-8,13-14H2,1,3H3,(H,22,26). The molecule has 5 nitrogen and oxygen atoms in total. The second-order valence-corrected chi connectivity index (χ2v) is 7.84. The van der Waals surface area contributed by atoms with Gasteiger partial charge in [-0.15, -0.1) is 16.8 Å². The van der Waals surface area contributed by atoms with Crippen LogP contribution in [-0.4, -0.2) is 32.5 Å². The zero-order valence-corrected chi connectivity index (χ0v) is 17.5. The number of unbranched alkanes of at least 4 members (excludes halogenated alkanes) is 2. The third kappa shape index (κ3) is 6.70. The minimum Gasteiger partial charge on any atom is -0.353 e. The van der Waals surface area contributed by atoms with Crippen molar-refractivity contribution < 1.29 is 4.79 Å². The van der Waals surface area contributed by atoms with Gasteiger partial charge in [-0.05, 0) is 37.6 Å². The van der Waals surface area contributed by atoms with Crippen LogP contribution in [0.2, 0.25) is 5.02 Å². The maximum Gasteiger partial charge on any atom is 0.230 e. The highest BCUT2D eigenvalue weighted by Gasteiger charge is 2.15. The van der Waals surface area contributed by atoms with Crippen molar-refractivity contribution in [1.82, 2.24) is 20.1 Å². The van der Waals surface area contributed by atoms with Gasteiger partial charge in [0.05, 0.1) is 5.75 Å². The molecule has 1 unspecified atom stereocenters. The Morgan fingerprint density at radius 1 is 1.33 bits per heavy atom. The van der Waals surface area contributed by atoms with Gasteiger partial charge in [0.15, 0.2) is 11.0 Å².